The number of hydrogen-bond acceptors (Lipinski definition) is 5. The summed E-state index contributed by atoms with van der Waals surface area (Å²) in [6.07, 6.45) is 0.381. The van der Waals surface area contributed by atoms with Gasteiger partial charge in [-0.3, -0.25) is 9.69 Å². The van der Waals surface area contributed by atoms with Gasteiger partial charge in [-0.2, -0.15) is 0 Å². The molecule has 1 aromatic carbocycles. The first kappa shape index (κ1) is 18.9. The second-order valence-electron chi connectivity index (χ2n) is 6.59. The molecule has 2 heterocycles. The molecule has 0 saturated carbocycles. The van der Waals surface area contributed by atoms with Crippen LogP contribution in [0.1, 0.15) is 17.7 Å². The first-order chi connectivity index (χ1) is 13.1. The number of carbonyl (C=O) groups is 2. The Kier molecular flexibility index (Phi) is 6.43. The van der Waals surface area contributed by atoms with E-state index in [4.69, 9.17) is 4.52 Å². The Labute approximate surface area is 158 Å². The fourth-order valence-electron chi connectivity index (χ4n) is 2.95. The molecule has 1 fully saturated rings. The Hall–Kier alpha value is -2.87. The van der Waals surface area contributed by atoms with Crippen LogP contribution in [0, 0.1) is 6.92 Å². The van der Waals surface area contributed by atoms with Crippen LogP contribution in [0.4, 0.5) is 10.6 Å². The number of amides is 3. The summed E-state index contributed by atoms with van der Waals surface area (Å²) in [5, 5.41) is 9.42. The third-order valence-electron chi connectivity index (χ3n) is 4.50. The van der Waals surface area contributed by atoms with Crippen molar-refractivity contribution in [3.05, 3.63) is 47.7 Å². The molecule has 8 nitrogen and oxygen atoms in total. The Morgan fingerprint density at radius 3 is 2.56 bits per heavy atom. The maximum atomic E-state index is 12.3. The van der Waals surface area contributed by atoms with Gasteiger partial charge in [0.25, 0.3) is 0 Å². The number of nitrogens with zero attached hydrogens (tertiary/aromatic N) is 3. The predicted octanol–water partition coefficient (Wildman–Crippen LogP) is 1.84. The van der Waals surface area contributed by atoms with Gasteiger partial charge in [0.1, 0.15) is 5.76 Å². The van der Waals surface area contributed by atoms with Gasteiger partial charge in [0.05, 0.1) is 0 Å². The summed E-state index contributed by atoms with van der Waals surface area (Å²) >= 11 is 0. The van der Waals surface area contributed by atoms with E-state index >= 15 is 0 Å². The number of anilines is 1. The van der Waals surface area contributed by atoms with Crippen molar-refractivity contribution in [3.63, 3.8) is 0 Å². The lowest BCUT2D eigenvalue weighted by molar-refractivity contribution is -0.116. The molecule has 0 bridgehead atoms. The van der Waals surface area contributed by atoms with E-state index in [2.05, 4.69) is 20.7 Å². The summed E-state index contributed by atoms with van der Waals surface area (Å²) in [7, 11) is 0. The minimum atomic E-state index is -0.0914. The molecule has 1 aliphatic rings. The van der Waals surface area contributed by atoms with Crippen molar-refractivity contribution < 1.29 is 14.1 Å². The van der Waals surface area contributed by atoms with Crippen molar-refractivity contribution in [3.8, 4) is 0 Å². The molecular weight excluding hydrogens is 346 g/mol. The SMILES string of the molecule is Cc1cc(NC(=O)CCN2CCN(C(=O)NCc3ccccc3)CC2)no1. The highest BCUT2D eigenvalue weighted by molar-refractivity contribution is 5.89. The van der Waals surface area contributed by atoms with E-state index in [1.54, 1.807) is 13.0 Å². The van der Waals surface area contributed by atoms with Crippen LogP contribution in [-0.2, 0) is 11.3 Å². The summed E-state index contributed by atoms with van der Waals surface area (Å²) in [5.41, 5.74) is 1.08. The Morgan fingerprint density at radius 2 is 1.89 bits per heavy atom. The topological polar surface area (TPSA) is 90.7 Å². The number of aryl methyl sites for hydroxylation is 1. The second-order valence-corrected chi connectivity index (χ2v) is 6.59. The molecule has 1 aromatic heterocycles. The van der Waals surface area contributed by atoms with Crippen molar-refractivity contribution >= 4 is 17.8 Å². The lowest BCUT2D eigenvalue weighted by atomic mass is 10.2. The van der Waals surface area contributed by atoms with E-state index in [1.807, 2.05) is 35.2 Å². The van der Waals surface area contributed by atoms with E-state index in [1.165, 1.54) is 0 Å². The van der Waals surface area contributed by atoms with Crippen LogP contribution >= 0.6 is 0 Å². The smallest absolute Gasteiger partial charge is 0.317 e. The number of aromatic nitrogens is 1. The van der Waals surface area contributed by atoms with Crippen LogP contribution in [0.15, 0.2) is 40.9 Å². The summed E-state index contributed by atoms with van der Waals surface area (Å²) in [6, 6.07) is 11.5. The Morgan fingerprint density at radius 1 is 1.15 bits per heavy atom. The largest absolute Gasteiger partial charge is 0.360 e. The second kappa shape index (κ2) is 9.18. The minimum absolute atomic E-state index is 0.0438. The quantitative estimate of drug-likeness (QED) is 0.809. The number of carbonyl (C=O) groups excluding carboxylic acids is 2. The standard InChI is InChI=1S/C19H25N5O3/c1-15-13-17(22-27-15)21-18(25)7-8-23-9-11-24(12-10-23)19(26)20-14-16-5-3-2-4-6-16/h2-6,13H,7-12,14H2,1H3,(H,20,26)(H,21,22,25). The van der Waals surface area contributed by atoms with Crippen LogP contribution in [0.3, 0.4) is 0 Å². The minimum Gasteiger partial charge on any atom is -0.360 e. The molecule has 1 aliphatic heterocycles. The molecule has 27 heavy (non-hydrogen) atoms. The third-order valence-corrected chi connectivity index (χ3v) is 4.50. The highest BCUT2D eigenvalue weighted by Gasteiger charge is 2.21. The van der Waals surface area contributed by atoms with Gasteiger partial charge in [0.2, 0.25) is 5.91 Å². The number of rotatable bonds is 6. The number of piperazine rings is 1. The van der Waals surface area contributed by atoms with Crippen LogP contribution < -0.4 is 10.6 Å². The van der Waals surface area contributed by atoms with Crippen LogP contribution in [-0.4, -0.2) is 59.6 Å². The van der Waals surface area contributed by atoms with Gasteiger partial charge in [-0.25, -0.2) is 4.79 Å². The number of urea groups is 1. The maximum Gasteiger partial charge on any atom is 0.317 e. The van der Waals surface area contributed by atoms with Gasteiger partial charge in [0.15, 0.2) is 5.82 Å². The third kappa shape index (κ3) is 5.82. The summed E-state index contributed by atoms with van der Waals surface area (Å²) in [6.45, 7) is 5.79. The average molecular weight is 371 g/mol. The molecule has 0 unspecified atom stereocenters. The van der Waals surface area contributed by atoms with Crippen LogP contribution in [0.2, 0.25) is 0 Å². The monoisotopic (exact) mass is 371 g/mol. The van der Waals surface area contributed by atoms with Crippen molar-refractivity contribution in [1.29, 1.82) is 0 Å². The predicted molar refractivity (Wildman–Crippen MR) is 101 cm³/mol. The molecule has 3 amide bonds. The van der Waals surface area contributed by atoms with Crippen molar-refractivity contribution in [2.24, 2.45) is 0 Å². The fourth-order valence-corrected chi connectivity index (χ4v) is 2.95. The lowest BCUT2D eigenvalue weighted by Gasteiger charge is -2.34. The molecule has 1 saturated heterocycles. The lowest BCUT2D eigenvalue weighted by Crippen LogP contribution is -2.51. The molecular formula is C19H25N5O3. The molecule has 0 spiro atoms. The van der Waals surface area contributed by atoms with Crippen LogP contribution in [0.5, 0.6) is 0 Å². The zero-order valence-corrected chi connectivity index (χ0v) is 15.5. The van der Waals surface area contributed by atoms with Gasteiger partial charge in [-0.05, 0) is 12.5 Å². The maximum absolute atomic E-state index is 12.3. The molecule has 0 atom stereocenters. The molecule has 8 heteroatoms. The van der Waals surface area contributed by atoms with E-state index < -0.39 is 0 Å². The highest BCUT2D eigenvalue weighted by Crippen LogP contribution is 2.08. The number of benzene rings is 1. The van der Waals surface area contributed by atoms with Crippen molar-refractivity contribution in [1.82, 2.24) is 20.3 Å². The van der Waals surface area contributed by atoms with E-state index in [0.29, 0.717) is 44.2 Å². The number of nitrogens with one attached hydrogen (secondary N) is 2. The van der Waals surface area contributed by atoms with E-state index in [-0.39, 0.29) is 11.9 Å². The van der Waals surface area contributed by atoms with Crippen LogP contribution in [0.25, 0.3) is 0 Å². The first-order valence-corrected chi connectivity index (χ1v) is 9.12. The molecule has 0 aliphatic carbocycles. The zero-order valence-electron chi connectivity index (χ0n) is 15.5. The van der Waals surface area contributed by atoms with E-state index in [9.17, 15) is 9.59 Å². The Balaban J connectivity index is 1.33. The van der Waals surface area contributed by atoms with Crippen molar-refractivity contribution in [2.75, 3.05) is 38.0 Å². The molecule has 0 radical (unpaired) electrons. The highest BCUT2D eigenvalue weighted by atomic mass is 16.5. The summed E-state index contributed by atoms with van der Waals surface area (Å²) < 4.78 is 4.92. The normalized spacial score (nSPS) is 14.8. The van der Waals surface area contributed by atoms with Crippen molar-refractivity contribution in [2.45, 2.75) is 19.9 Å². The van der Waals surface area contributed by atoms with Gasteiger partial charge in [-0.1, -0.05) is 35.5 Å². The summed E-state index contributed by atoms with van der Waals surface area (Å²) in [5.74, 6) is 1.01. The molecule has 3 rings (SSSR count). The van der Waals surface area contributed by atoms with E-state index in [0.717, 1.165) is 18.7 Å². The zero-order chi connectivity index (χ0) is 19.1. The van der Waals surface area contributed by atoms with Gasteiger partial charge < -0.3 is 20.1 Å². The number of hydrogen-bond donors (Lipinski definition) is 2. The fraction of sp³-hybridized carbons (Fsp3) is 0.421. The van der Waals surface area contributed by atoms with Gasteiger partial charge in [0, 0.05) is 51.8 Å². The average Bonchev–Trinajstić information content (AvgIpc) is 3.10. The van der Waals surface area contributed by atoms with Gasteiger partial charge >= 0.3 is 6.03 Å². The summed E-state index contributed by atoms with van der Waals surface area (Å²) in [4.78, 5) is 28.2. The molecule has 144 valence electrons. The molecule has 2 aromatic rings. The molecule has 2 N–H and O–H groups in total. The Bertz CT molecular complexity index is 754. The first-order valence-electron chi connectivity index (χ1n) is 9.12. The van der Waals surface area contributed by atoms with Gasteiger partial charge in [-0.15, -0.1) is 0 Å².